The van der Waals surface area contributed by atoms with Crippen LogP contribution in [0, 0.1) is 13.8 Å². The minimum absolute atomic E-state index is 0.0160. The quantitative estimate of drug-likeness (QED) is 0.696. The number of rotatable bonds is 6. The van der Waals surface area contributed by atoms with Gasteiger partial charge in [-0.15, -0.1) is 0 Å². The van der Waals surface area contributed by atoms with Gasteiger partial charge in [-0.3, -0.25) is 4.79 Å². The summed E-state index contributed by atoms with van der Waals surface area (Å²) in [6.45, 7) is 4.70. The normalized spacial score (nSPS) is 21.7. The number of carbonyl (C=O) groups excluding carboxylic acids is 1. The number of amides is 1. The Balaban J connectivity index is 1.35. The van der Waals surface area contributed by atoms with E-state index >= 15 is 0 Å². The first-order valence-electron chi connectivity index (χ1n) is 10.3. The maximum atomic E-state index is 12.8. The van der Waals surface area contributed by atoms with E-state index < -0.39 is 6.10 Å². The summed E-state index contributed by atoms with van der Waals surface area (Å²) in [5.41, 5.74) is 2.10. The van der Waals surface area contributed by atoms with E-state index in [9.17, 15) is 9.90 Å². The van der Waals surface area contributed by atoms with Crippen LogP contribution in [0.4, 0.5) is 0 Å². The summed E-state index contributed by atoms with van der Waals surface area (Å²) in [5, 5.41) is 10.8. The van der Waals surface area contributed by atoms with Crippen LogP contribution in [0.2, 0.25) is 0 Å². The van der Waals surface area contributed by atoms with Gasteiger partial charge in [0.05, 0.1) is 29.2 Å². The van der Waals surface area contributed by atoms with Gasteiger partial charge in [0.2, 0.25) is 5.91 Å². The molecule has 29 heavy (non-hydrogen) atoms. The van der Waals surface area contributed by atoms with Crippen LogP contribution in [0.15, 0.2) is 36.7 Å². The molecule has 0 spiro atoms. The standard InChI is InChI=1S/C22H29N5O2/c1-15-23-12-14-27(15)20-11-10-19(22(20)29)25(3)21(28)9-6-13-26-16(2)24-17-7-4-5-8-18(17)26/h4-5,7-8,12,14,19-20,22,29H,6,9-11,13H2,1-3H3/t19-,20-,22-/m1/s1. The van der Waals surface area contributed by atoms with Crippen LogP contribution >= 0.6 is 0 Å². The Hall–Kier alpha value is -2.67. The fourth-order valence-electron chi connectivity index (χ4n) is 4.63. The van der Waals surface area contributed by atoms with Gasteiger partial charge in [0.15, 0.2) is 0 Å². The van der Waals surface area contributed by atoms with Gasteiger partial charge in [0.1, 0.15) is 11.6 Å². The van der Waals surface area contributed by atoms with E-state index in [1.807, 2.05) is 49.9 Å². The molecular weight excluding hydrogens is 366 g/mol. The molecule has 1 saturated carbocycles. The fraction of sp³-hybridized carbons (Fsp3) is 0.500. The highest BCUT2D eigenvalue weighted by atomic mass is 16.3. The summed E-state index contributed by atoms with van der Waals surface area (Å²) in [6, 6.07) is 7.92. The zero-order valence-corrected chi connectivity index (χ0v) is 17.3. The van der Waals surface area contributed by atoms with Crippen molar-refractivity contribution in [1.82, 2.24) is 24.0 Å². The molecule has 4 rings (SSSR count). The molecule has 2 aromatic heterocycles. The summed E-state index contributed by atoms with van der Waals surface area (Å²) in [6.07, 6.45) is 5.95. The second kappa shape index (κ2) is 7.99. The number of aliphatic hydroxyl groups excluding tert-OH is 1. The van der Waals surface area contributed by atoms with E-state index in [4.69, 9.17) is 0 Å². The van der Waals surface area contributed by atoms with Gasteiger partial charge in [-0.25, -0.2) is 9.97 Å². The molecule has 1 N–H and O–H groups in total. The Morgan fingerprint density at radius 1 is 1.24 bits per heavy atom. The number of benzene rings is 1. The van der Waals surface area contributed by atoms with Crippen molar-refractivity contribution < 1.29 is 9.90 Å². The highest BCUT2D eigenvalue weighted by molar-refractivity contribution is 5.77. The molecule has 7 nitrogen and oxygen atoms in total. The highest BCUT2D eigenvalue weighted by Crippen LogP contribution is 2.34. The number of imidazole rings is 2. The van der Waals surface area contributed by atoms with Gasteiger partial charge in [0, 0.05) is 32.4 Å². The lowest BCUT2D eigenvalue weighted by atomic mass is 10.1. The van der Waals surface area contributed by atoms with Gasteiger partial charge in [-0.1, -0.05) is 12.1 Å². The molecule has 0 aliphatic heterocycles. The highest BCUT2D eigenvalue weighted by Gasteiger charge is 2.39. The van der Waals surface area contributed by atoms with E-state index in [0.717, 1.165) is 48.5 Å². The Kier molecular flexibility index (Phi) is 5.41. The van der Waals surface area contributed by atoms with E-state index in [-0.39, 0.29) is 18.0 Å². The average Bonchev–Trinajstić information content (AvgIpc) is 3.38. The number of aliphatic hydroxyl groups is 1. The molecule has 0 bridgehead atoms. The van der Waals surface area contributed by atoms with Crippen molar-refractivity contribution in [2.45, 2.75) is 64.3 Å². The third-order valence-corrected chi connectivity index (χ3v) is 6.27. The minimum Gasteiger partial charge on any atom is -0.389 e. The van der Waals surface area contributed by atoms with Crippen LogP contribution in [0.1, 0.15) is 43.4 Å². The largest absolute Gasteiger partial charge is 0.389 e. The molecule has 1 fully saturated rings. The monoisotopic (exact) mass is 395 g/mol. The lowest BCUT2D eigenvalue weighted by molar-refractivity contribution is -0.134. The third-order valence-electron chi connectivity index (χ3n) is 6.27. The molecule has 1 amide bonds. The number of carbonyl (C=O) groups is 1. The van der Waals surface area contributed by atoms with Crippen LogP contribution in [-0.2, 0) is 11.3 Å². The van der Waals surface area contributed by atoms with E-state index in [1.165, 1.54) is 0 Å². The zero-order chi connectivity index (χ0) is 20.5. The molecule has 1 aromatic carbocycles. The molecule has 1 aliphatic carbocycles. The number of para-hydroxylation sites is 2. The lowest BCUT2D eigenvalue weighted by Gasteiger charge is -2.29. The van der Waals surface area contributed by atoms with Crippen molar-refractivity contribution in [3.63, 3.8) is 0 Å². The molecule has 3 atom stereocenters. The smallest absolute Gasteiger partial charge is 0.222 e. The van der Waals surface area contributed by atoms with Crippen molar-refractivity contribution in [3.8, 4) is 0 Å². The van der Waals surface area contributed by atoms with Crippen LogP contribution in [0.3, 0.4) is 0 Å². The SMILES string of the molecule is Cc1nccn1[C@@H]1CC[C@@H](N(C)C(=O)CCCn2c(C)nc3ccccc32)[C@H]1O. The first-order chi connectivity index (χ1) is 14.0. The van der Waals surface area contributed by atoms with Crippen molar-refractivity contribution in [2.24, 2.45) is 0 Å². The molecule has 1 aliphatic rings. The Labute approximate surface area is 171 Å². The van der Waals surface area contributed by atoms with Gasteiger partial charge in [-0.2, -0.15) is 0 Å². The van der Waals surface area contributed by atoms with Gasteiger partial charge >= 0.3 is 0 Å². The molecule has 0 saturated heterocycles. The maximum absolute atomic E-state index is 12.8. The second-order valence-electron chi connectivity index (χ2n) is 7.99. The van der Waals surface area contributed by atoms with Crippen molar-refractivity contribution in [1.29, 1.82) is 0 Å². The number of fused-ring (bicyclic) bond motifs is 1. The van der Waals surface area contributed by atoms with Crippen LogP contribution < -0.4 is 0 Å². The number of nitrogens with zero attached hydrogens (tertiary/aromatic N) is 5. The number of likely N-dealkylation sites (N-methyl/N-ethyl adjacent to an activating group) is 1. The third kappa shape index (κ3) is 3.67. The van der Waals surface area contributed by atoms with Crippen LogP contribution in [0.25, 0.3) is 11.0 Å². The number of hydrogen-bond donors (Lipinski definition) is 1. The van der Waals surface area contributed by atoms with E-state index in [0.29, 0.717) is 6.42 Å². The van der Waals surface area contributed by atoms with E-state index in [1.54, 1.807) is 11.1 Å². The molecule has 7 heteroatoms. The van der Waals surface area contributed by atoms with Crippen molar-refractivity contribution in [3.05, 3.63) is 48.3 Å². The summed E-state index contributed by atoms with van der Waals surface area (Å²) in [5.74, 6) is 1.95. The minimum atomic E-state index is -0.573. The Bertz CT molecular complexity index is 1010. The van der Waals surface area contributed by atoms with Crippen LogP contribution in [-0.4, -0.2) is 54.2 Å². The first kappa shape index (κ1) is 19.6. The maximum Gasteiger partial charge on any atom is 0.222 e. The fourth-order valence-corrected chi connectivity index (χ4v) is 4.63. The Morgan fingerprint density at radius 3 is 2.79 bits per heavy atom. The summed E-state index contributed by atoms with van der Waals surface area (Å²) in [7, 11) is 1.82. The number of aryl methyl sites for hydroxylation is 3. The summed E-state index contributed by atoms with van der Waals surface area (Å²) in [4.78, 5) is 23.4. The predicted octanol–water partition coefficient (Wildman–Crippen LogP) is 2.85. The number of hydrogen-bond acceptors (Lipinski definition) is 4. The van der Waals surface area contributed by atoms with Crippen LogP contribution in [0.5, 0.6) is 0 Å². The number of aromatic nitrogens is 4. The summed E-state index contributed by atoms with van der Waals surface area (Å²) >= 11 is 0. The average molecular weight is 396 g/mol. The molecule has 2 heterocycles. The predicted molar refractivity (Wildman–Crippen MR) is 112 cm³/mol. The molecule has 3 aromatic rings. The van der Waals surface area contributed by atoms with Gasteiger partial charge < -0.3 is 19.1 Å². The molecule has 154 valence electrons. The lowest BCUT2D eigenvalue weighted by Crippen LogP contribution is -2.43. The first-order valence-corrected chi connectivity index (χ1v) is 10.3. The summed E-state index contributed by atoms with van der Waals surface area (Å²) < 4.78 is 4.20. The molecular formula is C22H29N5O2. The van der Waals surface area contributed by atoms with Crippen molar-refractivity contribution >= 4 is 16.9 Å². The molecule has 0 radical (unpaired) electrons. The molecule has 0 unspecified atom stereocenters. The zero-order valence-electron chi connectivity index (χ0n) is 17.3. The van der Waals surface area contributed by atoms with Gasteiger partial charge in [0.25, 0.3) is 0 Å². The van der Waals surface area contributed by atoms with Crippen molar-refractivity contribution in [2.75, 3.05) is 7.05 Å². The Morgan fingerprint density at radius 2 is 2.03 bits per heavy atom. The van der Waals surface area contributed by atoms with E-state index in [2.05, 4.69) is 20.6 Å². The second-order valence-corrected chi connectivity index (χ2v) is 7.99. The topological polar surface area (TPSA) is 76.2 Å². The van der Waals surface area contributed by atoms with Gasteiger partial charge in [-0.05, 0) is 45.2 Å².